The Morgan fingerprint density at radius 3 is 2.67 bits per heavy atom. The van der Waals surface area contributed by atoms with Gasteiger partial charge in [0.2, 0.25) is 0 Å². The smallest absolute Gasteiger partial charge is 0.342 e. The fourth-order valence-corrected chi connectivity index (χ4v) is 1.75. The summed E-state index contributed by atoms with van der Waals surface area (Å²) in [5.41, 5.74) is -1.01. The number of ether oxygens (including phenoxy) is 3. The number of hydrogen-bond acceptors (Lipinski definition) is 6. The Bertz CT molecular complexity index is 554. The highest BCUT2D eigenvalue weighted by Gasteiger charge is 2.25. The normalized spacial score (nSPS) is 13.8. The van der Waals surface area contributed by atoms with Crippen molar-refractivity contribution in [2.24, 2.45) is 5.92 Å². The fourth-order valence-electron chi connectivity index (χ4n) is 1.75. The van der Waals surface area contributed by atoms with Crippen molar-refractivity contribution >= 4 is 11.7 Å². The first-order valence-electron chi connectivity index (χ1n) is 6.33. The molecule has 1 aliphatic rings. The van der Waals surface area contributed by atoms with Crippen molar-refractivity contribution in [1.29, 1.82) is 0 Å². The standard InChI is InChI=1S/C13H15NO7/c1-19-11-4-9(13(15)16)10(14(17)18)5-12(11)21-7-20-6-8-2-3-8/h4-5,8H,2-3,6-7H2,1H3,(H,15,16). The Morgan fingerprint density at radius 1 is 1.43 bits per heavy atom. The maximum Gasteiger partial charge on any atom is 0.342 e. The zero-order chi connectivity index (χ0) is 15.4. The molecule has 1 fully saturated rings. The number of nitrogens with zero attached hydrogens (tertiary/aromatic N) is 1. The fraction of sp³-hybridized carbons (Fsp3) is 0.462. The molecule has 114 valence electrons. The van der Waals surface area contributed by atoms with Crippen molar-refractivity contribution in [1.82, 2.24) is 0 Å². The molecule has 0 atom stereocenters. The van der Waals surface area contributed by atoms with Crippen LogP contribution < -0.4 is 9.47 Å². The van der Waals surface area contributed by atoms with Crippen LogP contribution in [0.4, 0.5) is 5.69 Å². The predicted molar refractivity (Wildman–Crippen MR) is 70.8 cm³/mol. The summed E-state index contributed by atoms with van der Waals surface area (Å²) >= 11 is 0. The average molecular weight is 297 g/mol. The number of carbonyl (C=O) groups is 1. The summed E-state index contributed by atoms with van der Waals surface area (Å²) in [5, 5.41) is 19.9. The van der Waals surface area contributed by atoms with Crippen molar-refractivity contribution in [2.75, 3.05) is 20.5 Å². The van der Waals surface area contributed by atoms with Gasteiger partial charge in [0, 0.05) is 6.07 Å². The first-order valence-corrected chi connectivity index (χ1v) is 6.33. The van der Waals surface area contributed by atoms with Gasteiger partial charge in [-0.1, -0.05) is 0 Å². The highest BCUT2D eigenvalue weighted by atomic mass is 16.7. The molecule has 1 aliphatic carbocycles. The molecule has 0 aliphatic heterocycles. The second-order valence-electron chi connectivity index (χ2n) is 4.66. The van der Waals surface area contributed by atoms with E-state index in [0.29, 0.717) is 12.5 Å². The number of rotatable bonds is 8. The van der Waals surface area contributed by atoms with E-state index in [9.17, 15) is 14.9 Å². The molecule has 1 aromatic carbocycles. The molecule has 0 unspecified atom stereocenters. The molecule has 8 nitrogen and oxygen atoms in total. The van der Waals surface area contributed by atoms with E-state index < -0.39 is 22.1 Å². The third-order valence-electron chi connectivity index (χ3n) is 3.06. The molecule has 0 amide bonds. The summed E-state index contributed by atoms with van der Waals surface area (Å²) in [6, 6.07) is 2.10. The molecule has 1 N–H and O–H groups in total. The monoisotopic (exact) mass is 297 g/mol. The molecular weight excluding hydrogens is 282 g/mol. The van der Waals surface area contributed by atoms with Gasteiger partial charge in [-0.25, -0.2) is 4.79 Å². The minimum absolute atomic E-state index is 0.0730. The van der Waals surface area contributed by atoms with Crippen LogP contribution in [-0.4, -0.2) is 36.5 Å². The lowest BCUT2D eigenvalue weighted by molar-refractivity contribution is -0.385. The quantitative estimate of drug-likeness (QED) is 0.338. The first-order chi connectivity index (χ1) is 10.0. The van der Waals surface area contributed by atoms with Crippen LogP contribution in [0.5, 0.6) is 11.5 Å². The van der Waals surface area contributed by atoms with Gasteiger partial charge in [0.05, 0.1) is 24.7 Å². The average Bonchev–Trinajstić information content (AvgIpc) is 3.26. The van der Waals surface area contributed by atoms with E-state index in [-0.39, 0.29) is 18.3 Å². The number of carboxylic acids is 1. The first kappa shape index (κ1) is 15.0. The molecule has 0 saturated heterocycles. The highest BCUT2D eigenvalue weighted by molar-refractivity contribution is 5.93. The van der Waals surface area contributed by atoms with E-state index in [2.05, 4.69) is 0 Å². The molecule has 21 heavy (non-hydrogen) atoms. The number of carboxylic acid groups (broad SMARTS) is 1. The van der Waals surface area contributed by atoms with Gasteiger partial charge in [0.25, 0.3) is 5.69 Å². The van der Waals surface area contributed by atoms with Crippen LogP contribution in [0.3, 0.4) is 0 Å². The number of benzene rings is 1. The summed E-state index contributed by atoms with van der Waals surface area (Å²) in [6.07, 6.45) is 2.28. The summed E-state index contributed by atoms with van der Waals surface area (Å²) < 4.78 is 15.6. The van der Waals surface area contributed by atoms with Crippen molar-refractivity contribution in [3.63, 3.8) is 0 Å². The van der Waals surface area contributed by atoms with E-state index in [4.69, 9.17) is 19.3 Å². The molecule has 8 heteroatoms. The van der Waals surface area contributed by atoms with Gasteiger partial charge in [0.15, 0.2) is 18.3 Å². The number of aromatic carboxylic acids is 1. The van der Waals surface area contributed by atoms with Gasteiger partial charge < -0.3 is 19.3 Å². The van der Waals surface area contributed by atoms with Gasteiger partial charge in [-0.05, 0) is 18.8 Å². The van der Waals surface area contributed by atoms with Gasteiger partial charge >= 0.3 is 5.97 Å². The summed E-state index contributed by atoms with van der Waals surface area (Å²) in [4.78, 5) is 21.2. The third-order valence-corrected chi connectivity index (χ3v) is 3.06. The Labute approximate surface area is 120 Å². The van der Waals surface area contributed by atoms with Gasteiger partial charge in [-0.2, -0.15) is 0 Å². The topological polar surface area (TPSA) is 108 Å². The molecule has 0 radical (unpaired) electrons. The Morgan fingerprint density at radius 2 is 2.14 bits per heavy atom. The van der Waals surface area contributed by atoms with Crippen LogP contribution in [0.2, 0.25) is 0 Å². The summed E-state index contributed by atoms with van der Waals surface area (Å²) in [7, 11) is 1.32. The molecule has 1 saturated carbocycles. The number of hydrogen-bond donors (Lipinski definition) is 1. The van der Waals surface area contributed by atoms with Gasteiger partial charge in [0.1, 0.15) is 5.56 Å². The lowest BCUT2D eigenvalue weighted by Crippen LogP contribution is -2.08. The molecule has 0 bridgehead atoms. The zero-order valence-corrected chi connectivity index (χ0v) is 11.4. The lowest BCUT2D eigenvalue weighted by atomic mass is 10.1. The van der Waals surface area contributed by atoms with Gasteiger partial charge in [-0.15, -0.1) is 0 Å². The molecule has 1 aromatic rings. The maximum absolute atomic E-state index is 11.0. The second-order valence-corrected chi connectivity index (χ2v) is 4.66. The van der Waals surface area contributed by atoms with Crippen molar-refractivity contribution in [2.45, 2.75) is 12.8 Å². The lowest BCUT2D eigenvalue weighted by Gasteiger charge is -2.11. The van der Waals surface area contributed by atoms with Crippen LogP contribution in [0.1, 0.15) is 23.2 Å². The van der Waals surface area contributed by atoms with Crippen LogP contribution in [0.25, 0.3) is 0 Å². The second kappa shape index (κ2) is 6.40. The summed E-state index contributed by atoms with van der Waals surface area (Å²) in [5.74, 6) is -0.659. The van der Waals surface area contributed by atoms with Crippen LogP contribution in [0.15, 0.2) is 12.1 Å². The molecule has 0 heterocycles. The Hall–Kier alpha value is -2.35. The molecule has 0 spiro atoms. The summed E-state index contributed by atoms with van der Waals surface area (Å²) in [6.45, 7) is 0.508. The van der Waals surface area contributed by atoms with Crippen molar-refractivity contribution in [3.8, 4) is 11.5 Å². The minimum atomic E-state index is -1.41. The SMILES string of the molecule is COc1cc(C(=O)O)c([N+](=O)[O-])cc1OCOCC1CC1. The third kappa shape index (κ3) is 3.82. The largest absolute Gasteiger partial charge is 0.493 e. The number of nitro groups is 1. The number of methoxy groups -OCH3 is 1. The van der Waals surface area contributed by atoms with Crippen LogP contribution in [0, 0.1) is 16.0 Å². The van der Waals surface area contributed by atoms with Crippen LogP contribution >= 0.6 is 0 Å². The van der Waals surface area contributed by atoms with Crippen molar-refractivity contribution < 1.29 is 29.0 Å². The van der Waals surface area contributed by atoms with E-state index in [1.807, 2.05) is 0 Å². The van der Waals surface area contributed by atoms with Crippen molar-refractivity contribution in [3.05, 3.63) is 27.8 Å². The minimum Gasteiger partial charge on any atom is -0.493 e. The van der Waals surface area contributed by atoms with E-state index in [1.165, 1.54) is 7.11 Å². The maximum atomic E-state index is 11.0. The number of nitro benzene ring substituents is 1. The molecule has 2 rings (SSSR count). The highest BCUT2D eigenvalue weighted by Crippen LogP contribution is 2.35. The molecular formula is C13H15NO7. The molecule has 0 aromatic heterocycles. The van der Waals surface area contributed by atoms with E-state index in [1.54, 1.807) is 0 Å². The van der Waals surface area contributed by atoms with E-state index in [0.717, 1.165) is 25.0 Å². The van der Waals surface area contributed by atoms with E-state index >= 15 is 0 Å². The zero-order valence-electron chi connectivity index (χ0n) is 11.4. The van der Waals surface area contributed by atoms with Gasteiger partial charge in [-0.3, -0.25) is 10.1 Å². The van der Waals surface area contributed by atoms with Crippen LogP contribution in [-0.2, 0) is 4.74 Å². The predicted octanol–water partition coefficient (Wildman–Crippen LogP) is 2.06. The Balaban J connectivity index is 2.15. The Kier molecular flexibility index (Phi) is 4.59.